The molecule has 1 aromatic carbocycles. The molecule has 1 aliphatic rings. The maximum absolute atomic E-state index is 13.8. The molecule has 138 valence electrons. The number of carbonyl (C=O) groups excluding carboxylic acids is 1. The lowest BCUT2D eigenvalue weighted by atomic mass is 9.78. The Kier molecular flexibility index (Phi) is 5.00. The van der Waals surface area contributed by atoms with E-state index in [0.717, 1.165) is 11.3 Å². The third-order valence-electron chi connectivity index (χ3n) is 4.09. The van der Waals surface area contributed by atoms with Gasteiger partial charge in [0, 0.05) is 5.02 Å². The molecule has 3 rings (SSSR count). The molecule has 3 atom stereocenters. The highest BCUT2D eigenvalue weighted by atomic mass is 35.5. The Morgan fingerprint density at radius 3 is 2.54 bits per heavy atom. The van der Waals surface area contributed by atoms with E-state index in [0.29, 0.717) is 0 Å². The maximum Gasteiger partial charge on any atom is 0.437 e. The summed E-state index contributed by atoms with van der Waals surface area (Å²) < 4.78 is 41.3. The molecule has 0 radical (unpaired) electrons. The predicted octanol–water partition coefficient (Wildman–Crippen LogP) is 3.67. The molecule has 0 aliphatic carbocycles. The Balaban J connectivity index is 2.18. The quantitative estimate of drug-likeness (QED) is 0.522. The van der Waals surface area contributed by atoms with Crippen LogP contribution in [0.3, 0.4) is 0 Å². The summed E-state index contributed by atoms with van der Waals surface area (Å²) in [6.07, 6.45) is -5.16. The molecule has 26 heavy (non-hydrogen) atoms. The molecular weight excluding hydrogens is 409 g/mol. The van der Waals surface area contributed by atoms with E-state index in [2.05, 4.69) is 5.32 Å². The molecule has 0 bridgehead atoms. The number of benzene rings is 1. The zero-order valence-corrected chi connectivity index (χ0v) is 15.3. The van der Waals surface area contributed by atoms with E-state index in [-0.39, 0.29) is 15.5 Å². The number of hydrogen-bond donors (Lipinski definition) is 3. The van der Waals surface area contributed by atoms with Gasteiger partial charge >= 0.3 is 6.18 Å². The van der Waals surface area contributed by atoms with Crippen molar-refractivity contribution in [2.75, 3.05) is 0 Å². The van der Waals surface area contributed by atoms with Crippen molar-refractivity contribution < 1.29 is 23.1 Å². The van der Waals surface area contributed by atoms with Gasteiger partial charge in [-0.2, -0.15) is 13.2 Å². The van der Waals surface area contributed by atoms with Gasteiger partial charge in [0.15, 0.2) is 10.9 Å². The van der Waals surface area contributed by atoms with E-state index in [1.54, 1.807) is 23.6 Å². The Morgan fingerprint density at radius 2 is 1.96 bits per heavy atom. The van der Waals surface area contributed by atoms with Crippen LogP contribution in [0, 0.1) is 5.92 Å². The molecule has 0 saturated carbocycles. The zero-order chi connectivity index (χ0) is 19.1. The summed E-state index contributed by atoms with van der Waals surface area (Å²) in [6, 6.07) is 7.84. The van der Waals surface area contributed by atoms with Gasteiger partial charge in [0.05, 0.1) is 10.9 Å². The van der Waals surface area contributed by atoms with Crippen molar-refractivity contribution in [1.82, 2.24) is 10.6 Å². The van der Waals surface area contributed by atoms with Crippen molar-refractivity contribution in [3.05, 3.63) is 57.2 Å². The summed E-state index contributed by atoms with van der Waals surface area (Å²) in [7, 11) is 0. The number of hydrogen-bond acceptors (Lipinski definition) is 4. The first-order valence-electron chi connectivity index (χ1n) is 7.35. The van der Waals surface area contributed by atoms with E-state index < -0.39 is 34.8 Å². The number of ketones is 1. The van der Waals surface area contributed by atoms with Crippen LogP contribution in [0.1, 0.15) is 21.3 Å². The van der Waals surface area contributed by atoms with Crippen LogP contribution in [-0.2, 0) is 0 Å². The largest absolute Gasteiger partial charge is 0.437 e. The summed E-state index contributed by atoms with van der Waals surface area (Å²) in [4.78, 5) is 13.0. The molecular formula is C16H12ClF3N2O2S2. The molecule has 1 saturated heterocycles. The minimum absolute atomic E-state index is 0.0890. The summed E-state index contributed by atoms with van der Waals surface area (Å²) in [6.45, 7) is 0. The molecule has 4 nitrogen and oxygen atoms in total. The number of thiophene rings is 1. The number of thiocarbonyl (C=S) groups is 1. The molecule has 0 unspecified atom stereocenters. The van der Waals surface area contributed by atoms with Crippen LogP contribution in [0.5, 0.6) is 0 Å². The van der Waals surface area contributed by atoms with Crippen molar-refractivity contribution in [2.24, 2.45) is 5.92 Å². The third kappa shape index (κ3) is 3.20. The Morgan fingerprint density at radius 1 is 1.27 bits per heavy atom. The van der Waals surface area contributed by atoms with Crippen LogP contribution < -0.4 is 10.6 Å². The van der Waals surface area contributed by atoms with Crippen molar-refractivity contribution in [2.45, 2.75) is 17.9 Å². The number of carbonyl (C=O) groups is 1. The molecule has 0 spiro atoms. The van der Waals surface area contributed by atoms with Crippen molar-refractivity contribution >= 4 is 46.1 Å². The second-order valence-electron chi connectivity index (χ2n) is 5.68. The van der Waals surface area contributed by atoms with Crippen LogP contribution in [-0.4, -0.2) is 27.9 Å². The van der Waals surface area contributed by atoms with Gasteiger partial charge in [0.25, 0.3) is 0 Å². The number of halogens is 4. The summed E-state index contributed by atoms with van der Waals surface area (Å²) >= 11 is 12.0. The molecule has 3 N–H and O–H groups in total. The summed E-state index contributed by atoms with van der Waals surface area (Å²) in [5.41, 5.74) is -3.31. The highest BCUT2D eigenvalue weighted by Crippen LogP contribution is 2.45. The molecule has 10 heteroatoms. The van der Waals surface area contributed by atoms with Gasteiger partial charge in [-0.3, -0.25) is 4.79 Å². The Bertz CT molecular complexity index is 844. The average Bonchev–Trinajstić information content (AvgIpc) is 3.07. The molecule has 2 aromatic rings. The van der Waals surface area contributed by atoms with Gasteiger partial charge in [0.2, 0.25) is 5.72 Å². The van der Waals surface area contributed by atoms with Crippen molar-refractivity contribution in [3.8, 4) is 0 Å². The Hall–Kier alpha value is -1.68. The minimum atomic E-state index is -5.16. The van der Waals surface area contributed by atoms with Gasteiger partial charge in [-0.05, 0) is 35.3 Å². The molecule has 1 aliphatic heterocycles. The number of rotatable bonds is 3. The van der Waals surface area contributed by atoms with E-state index in [4.69, 9.17) is 23.8 Å². The van der Waals surface area contributed by atoms with Crippen LogP contribution >= 0.6 is 35.2 Å². The second-order valence-corrected chi connectivity index (χ2v) is 7.44. The number of nitrogens with one attached hydrogen (secondary N) is 2. The molecule has 1 fully saturated rings. The van der Waals surface area contributed by atoms with Gasteiger partial charge in [0.1, 0.15) is 5.92 Å². The second kappa shape index (κ2) is 6.80. The van der Waals surface area contributed by atoms with Crippen LogP contribution in [0.2, 0.25) is 5.02 Å². The van der Waals surface area contributed by atoms with E-state index in [9.17, 15) is 23.1 Å². The average molecular weight is 421 g/mol. The first kappa shape index (κ1) is 19.1. The lowest BCUT2D eigenvalue weighted by Gasteiger charge is -2.46. The first-order valence-corrected chi connectivity index (χ1v) is 9.01. The van der Waals surface area contributed by atoms with Gasteiger partial charge in [-0.25, -0.2) is 0 Å². The van der Waals surface area contributed by atoms with Crippen LogP contribution in [0.25, 0.3) is 0 Å². The van der Waals surface area contributed by atoms with Gasteiger partial charge in [-0.15, -0.1) is 11.3 Å². The SMILES string of the molecule is O=C(c1cccs1)[C@@H]1[C@@H](c2ccccc2Cl)NC(=S)N[C@]1(O)C(F)(F)F. The topological polar surface area (TPSA) is 61.4 Å². The van der Waals surface area contributed by atoms with Crippen LogP contribution in [0.15, 0.2) is 41.8 Å². The smallest absolute Gasteiger partial charge is 0.363 e. The highest BCUT2D eigenvalue weighted by Gasteiger charge is 2.66. The summed E-state index contributed by atoms with van der Waals surface area (Å²) in [5.74, 6) is -2.81. The van der Waals surface area contributed by atoms with E-state index in [1.165, 1.54) is 18.2 Å². The number of Topliss-reactive ketones (excluding diaryl/α,β-unsaturated/α-hetero) is 1. The number of alkyl halides is 3. The fourth-order valence-corrected chi connectivity index (χ4v) is 4.14. The van der Waals surface area contributed by atoms with Gasteiger partial charge < -0.3 is 15.7 Å². The van der Waals surface area contributed by atoms with Crippen molar-refractivity contribution in [3.63, 3.8) is 0 Å². The van der Waals surface area contributed by atoms with E-state index in [1.807, 2.05) is 5.32 Å². The highest BCUT2D eigenvalue weighted by molar-refractivity contribution is 7.80. The third-order valence-corrected chi connectivity index (χ3v) is 5.54. The van der Waals surface area contributed by atoms with Crippen LogP contribution in [0.4, 0.5) is 13.2 Å². The number of aliphatic hydroxyl groups is 1. The normalized spacial score (nSPS) is 26.1. The maximum atomic E-state index is 13.8. The van der Waals surface area contributed by atoms with E-state index >= 15 is 0 Å². The minimum Gasteiger partial charge on any atom is -0.363 e. The molecule has 2 heterocycles. The van der Waals surface area contributed by atoms with Gasteiger partial charge in [-0.1, -0.05) is 35.9 Å². The molecule has 1 aromatic heterocycles. The van der Waals surface area contributed by atoms with Crippen molar-refractivity contribution in [1.29, 1.82) is 0 Å². The summed E-state index contributed by atoms with van der Waals surface area (Å²) in [5, 5.41) is 16.3. The lowest BCUT2D eigenvalue weighted by Crippen LogP contribution is -2.72. The predicted molar refractivity (Wildman–Crippen MR) is 96.2 cm³/mol. The zero-order valence-electron chi connectivity index (χ0n) is 12.9. The Labute approximate surface area is 161 Å². The standard InChI is InChI=1S/C16H12ClF3N2O2S2/c17-9-5-2-1-4-8(9)12-11(13(23)10-6-3-7-26-10)15(24,16(18,19)20)22-14(25)21-12/h1-7,11-12,24H,(H2,21,22,25)/t11-,12+,15+/m0/s1. The fraction of sp³-hybridized carbons (Fsp3) is 0.250. The lowest BCUT2D eigenvalue weighted by molar-refractivity contribution is -0.285. The first-order chi connectivity index (χ1) is 12.1. The monoisotopic (exact) mass is 420 g/mol. The fourth-order valence-electron chi connectivity index (χ4n) is 2.90. The molecule has 0 amide bonds.